The van der Waals surface area contributed by atoms with Crippen LogP contribution in [0, 0.1) is 0 Å². The van der Waals surface area contributed by atoms with Crippen LogP contribution < -0.4 is 10.1 Å². The van der Waals surface area contributed by atoms with Gasteiger partial charge in [-0.2, -0.15) is 0 Å². The van der Waals surface area contributed by atoms with Gasteiger partial charge >= 0.3 is 5.97 Å². The predicted molar refractivity (Wildman–Crippen MR) is 119 cm³/mol. The van der Waals surface area contributed by atoms with E-state index in [9.17, 15) is 9.59 Å². The fraction of sp³-hybridized carbons (Fsp3) is 0.0870. The maximum Gasteiger partial charge on any atom is 0.307 e. The number of nitrogens with one attached hydrogen (secondary N) is 1. The van der Waals surface area contributed by atoms with Crippen LogP contribution in [0.15, 0.2) is 70.6 Å². The predicted octanol–water partition coefficient (Wildman–Crippen LogP) is 4.37. The van der Waals surface area contributed by atoms with E-state index < -0.39 is 5.97 Å². The van der Waals surface area contributed by atoms with Crippen LogP contribution in [0.4, 0.5) is 5.69 Å². The Hall–Kier alpha value is -3.58. The van der Waals surface area contributed by atoms with E-state index in [0.29, 0.717) is 21.3 Å². The summed E-state index contributed by atoms with van der Waals surface area (Å²) >= 11 is 1.27. The Labute approximate surface area is 177 Å². The van der Waals surface area contributed by atoms with Crippen LogP contribution in [0.1, 0.15) is 11.1 Å². The summed E-state index contributed by atoms with van der Waals surface area (Å²) in [5.74, 6) is -0.306. The minimum absolute atomic E-state index is 0.0367. The lowest BCUT2D eigenvalue weighted by atomic mass is 10.0. The number of thioether (sulfide) groups is 1. The maximum absolute atomic E-state index is 12.4. The number of amides is 1. The number of carboxylic acids is 1. The maximum atomic E-state index is 12.4. The SMILES string of the molecule is COc1ccc(/C=C2/SC(=Nc3ccc(CC(=O)O)cc3)NC2=O)c2ccccc12. The second-order valence-corrected chi connectivity index (χ2v) is 7.65. The molecule has 1 saturated heterocycles. The normalized spacial score (nSPS) is 16.2. The van der Waals surface area contributed by atoms with Crippen molar-refractivity contribution in [2.24, 2.45) is 4.99 Å². The molecule has 1 amide bonds. The number of methoxy groups -OCH3 is 1. The van der Waals surface area contributed by atoms with Gasteiger partial charge < -0.3 is 15.2 Å². The molecule has 3 aromatic carbocycles. The summed E-state index contributed by atoms with van der Waals surface area (Å²) < 4.78 is 5.43. The summed E-state index contributed by atoms with van der Waals surface area (Å²) in [4.78, 5) is 28.2. The zero-order chi connectivity index (χ0) is 21.1. The average Bonchev–Trinajstić information content (AvgIpc) is 3.08. The Morgan fingerprint density at radius 2 is 1.83 bits per heavy atom. The molecule has 4 rings (SSSR count). The number of carbonyl (C=O) groups is 2. The number of benzene rings is 3. The second-order valence-electron chi connectivity index (χ2n) is 6.62. The molecule has 1 fully saturated rings. The summed E-state index contributed by atoms with van der Waals surface area (Å²) in [5.41, 5.74) is 2.26. The monoisotopic (exact) mass is 418 g/mol. The molecule has 0 aliphatic carbocycles. The van der Waals surface area contributed by atoms with Gasteiger partial charge in [-0.15, -0.1) is 0 Å². The molecular weight excluding hydrogens is 400 g/mol. The first kappa shape index (κ1) is 19.7. The molecule has 0 bridgehead atoms. The largest absolute Gasteiger partial charge is 0.496 e. The van der Waals surface area contributed by atoms with Gasteiger partial charge in [0.2, 0.25) is 0 Å². The molecule has 1 aliphatic rings. The zero-order valence-electron chi connectivity index (χ0n) is 16.1. The minimum atomic E-state index is -0.881. The molecule has 0 atom stereocenters. The standard InChI is InChI=1S/C23H18N2O4S/c1-29-19-11-8-15(17-4-2-3-5-18(17)19)13-20-22(28)25-23(30-20)24-16-9-6-14(7-10-16)12-21(26)27/h2-11,13H,12H2,1H3,(H,26,27)(H,24,25,28)/b20-13+. The van der Waals surface area contributed by atoms with Gasteiger partial charge in [0, 0.05) is 5.39 Å². The van der Waals surface area contributed by atoms with E-state index in [1.165, 1.54) is 11.8 Å². The molecule has 30 heavy (non-hydrogen) atoms. The molecule has 0 radical (unpaired) electrons. The lowest BCUT2D eigenvalue weighted by Gasteiger charge is -2.08. The van der Waals surface area contributed by atoms with Crippen LogP contribution in [0.3, 0.4) is 0 Å². The average molecular weight is 418 g/mol. The van der Waals surface area contributed by atoms with Gasteiger partial charge in [-0.05, 0) is 52.6 Å². The third kappa shape index (κ3) is 4.21. The Bertz CT molecular complexity index is 1200. The smallest absolute Gasteiger partial charge is 0.307 e. The number of hydrogen-bond acceptors (Lipinski definition) is 5. The minimum Gasteiger partial charge on any atom is -0.496 e. The molecule has 1 heterocycles. The molecule has 1 aliphatic heterocycles. The number of carbonyl (C=O) groups excluding carboxylic acids is 1. The van der Waals surface area contributed by atoms with Crippen molar-refractivity contribution in [2.45, 2.75) is 6.42 Å². The van der Waals surface area contributed by atoms with Crippen molar-refractivity contribution in [3.05, 3.63) is 76.7 Å². The van der Waals surface area contributed by atoms with E-state index in [-0.39, 0.29) is 12.3 Å². The molecule has 150 valence electrons. The summed E-state index contributed by atoms with van der Waals surface area (Å²) in [6, 6.07) is 18.6. The number of aliphatic imine (C=N–C) groups is 1. The molecular formula is C23H18N2O4S. The van der Waals surface area contributed by atoms with Crippen LogP contribution in [0.25, 0.3) is 16.8 Å². The topological polar surface area (TPSA) is 88.0 Å². The number of ether oxygens (including phenoxy) is 1. The molecule has 3 aromatic rings. The molecule has 0 spiro atoms. The molecule has 6 nitrogen and oxygen atoms in total. The van der Waals surface area contributed by atoms with Crippen molar-refractivity contribution in [3.8, 4) is 5.75 Å². The number of fused-ring (bicyclic) bond motifs is 1. The Kier molecular flexibility index (Phi) is 5.54. The van der Waals surface area contributed by atoms with Crippen molar-refractivity contribution < 1.29 is 19.4 Å². The van der Waals surface area contributed by atoms with Gasteiger partial charge in [0.1, 0.15) is 5.75 Å². The second kappa shape index (κ2) is 8.42. The highest BCUT2D eigenvalue weighted by molar-refractivity contribution is 8.18. The lowest BCUT2D eigenvalue weighted by molar-refractivity contribution is -0.136. The van der Waals surface area contributed by atoms with Crippen molar-refractivity contribution >= 4 is 51.3 Å². The van der Waals surface area contributed by atoms with Crippen LogP contribution in [-0.2, 0) is 16.0 Å². The van der Waals surface area contributed by atoms with Gasteiger partial charge in [-0.25, -0.2) is 4.99 Å². The van der Waals surface area contributed by atoms with E-state index in [0.717, 1.165) is 22.1 Å². The number of nitrogens with zero attached hydrogens (tertiary/aromatic N) is 1. The number of carboxylic acid groups (broad SMARTS) is 1. The van der Waals surface area contributed by atoms with Crippen LogP contribution in [-0.4, -0.2) is 29.3 Å². The molecule has 0 saturated carbocycles. The van der Waals surface area contributed by atoms with Crippen LogP contribution >= 0.6 is 11.8 Å². The Morgan fingerprint density at radius 1 is 1.10 bits per heavy atom. The lowest BCUT2D eigenvalue weighted by Crippen LogP contribution is -2.19. The molecule has 7 heteroatoms. The van der Waals surface area contributed by atoms with E-state index in [1.54, 1.807) is 31.4 Å². The van der Waals surface area contributed by atoms with Gasteiger partial charge in [-0.3, -0.25) is 9.59 Å². The zero-order valence-corrected chi connectivity index (χ0v) is 16.9. The van der Waals surface area contributed by atoms with E-state index >= 15 is 0 Å². The third-order valence-electron chi connectivity index (χ3n) is 4.60. The number of rotatable bonds is 5. The summed E-state index contributed by atoms with van der Waals surface area (Å²) in [6.45, 7) is 0. The fourth-order valence-corrected chi connectivity index (χ4v) is 4.03. The summed E-state index contributed by atoms with van der Waals surface area (Å²) in [5, 5.41) is 14.1. The van der Waals surface area contributed by atoms with E-state index in [2.05, 4.69) is 10.3 Å². The van der Waals surface area contributed by atoms with Gasteiger partial charge in [0.15, 0.2) is 5.17 Å². The summed E-state index contributed by atoms with van der Waals surface area (Å²) in [6.07, 6.45) is 1.81. The van der Waals surface area contributed by atoms with Gasteiger partial charge in [0.05, 0.1) is 24.1 Å². The summed E-state index contributed by atoms with van der Waals surface area (Å²) in [7, 11) is 1.64. The molecule has 0 aromatic heterocycles. The Balaban J connectivity index is 1.60. The quantitative estimate of drug-likeness (QED) is 0.601. The number of hydrogen-bond donors (Lipinski definition) is 2. The van der Waals surface area contributed by atoms with Gasteiger partial charge in [-0.1, -0.05) is 42.5 Å². The fourth-order valence-electron chi connectivity index (χ4n) is 3.20. The van der Waals surface area contributed by atoms with Crippen LogP contribution in [0.2, 0.25) is 0 Å². The Morgan fingerprint density at radius 3 is 2.53 bits per heavy atom. The first-order valence-electron chi connectivity index (χ1n) is 9.19. The van der Waals surface area contributed by atoms with Crippen molar-refractivity contribution in [1.82, 2.24) is 5.32 Å². The van der Waals surface area contributed by atoms with Crippen molar-refractivity contribution in [3.63, 3.8) is 0 Å². The first-order valence-corrected chi connectivity index (χ1v) is 10.0. The molecule has 2 N–H and O–H groups in total. The number of aliphatic carboxylic acids is 1. The highest BCUT2D eigenvalue weighted by Crippen LogP contribution is 2.33. The van der Waals surface area contributed by atoms with Crippen molar-refractivity contribution in [2.75, 3.05) is 7.11 Å². The highest BCUT2D eigenvalue weighted by Gasteiger charge is 2.24. The van der Waals surface area contributed by atoms with E-state index in [4.69, 9.17) is 9.84 Å². The molecule has 0 unspecified atom stereocenters. The van der Waals surface area contributed by atoms with Crippen LogP contribution in [0.5, 0.6) is 5.75 Å². The van der Waals surface area contributed by atoms with Gasteiger partial charge in [0.25, 0.3) is 5.91 Å². The van der Waals surface area contributed by atoms with Crippen molar-refractivity contribution in [1.29, 1.82) is 0 Å². The highest BCUT2D eigenvalue weighted by atomic mass is 32.2. The van der Waals surface area contributed by atoms with E-state index in [1.807, 2.05) is 42.5 Å². The number of amidine groups is 1. The first-order chi connectivity index (χ1) is 14.5. The third-order valence-corrected chi connectivity index (χ3v) is 5.51.